The standard InChI is InChI=1S/C7H11NO2/c9-3-5-1-4-2-6(4)7(10)8-5/h4-6,9H,1-3H2,(H,8,10). The lowest BCUT2D eigenvalue weighted by molar-refractivity contribution is -0.125. The second-order valence-electron chi connectivity index (χ2n) is 3.23. The number of carbonyl (C=O) groups is 1. The first-order chi connectivity index (χ1) is 4.81. The Balaban J connectivity index is 1.99. The molecule has 1 heterocycles. The summed E-state index contributed by atoms with van der Waals surface area (Å²) in [5, 5.41) is 11.5. The average molecular weight is 141 g/mol. The Labute approximate surface area is 59.4 Å². The van der Waals surface area contributed by atoms with Gasteiger partial charge in [0.2, 0.25) is 5.91 Å². The summed E-state index contributed by atoms with van der Waals surface area (Å²) < 4.78 is 0. The number of nitrogens with one attached hydrogen (secondary N) is 1. The molecule has 1 saturated carbocycles. The smallest absolute Gasteiger partial charge is 0.223 e. The van der Waals surface area contributed by atoms with Crippen molar-refractivity contribution < 1.29 is 9.90 Å². The Morgan fingerprint density at radius 1 is 1.60 bits per heavy atom. The molecular formula is C7H11NO2. The lowest BCUT2D eigenvalue weighted by Gasteiger charge is -2.20. The maximum absolute atomic E-state index is 11.0. The number of amides is 1. The van der Waals surface area contributed by atoms with Crippen LogP contribution >= 0.6 is 0 Å². The zero-order chi connectivity index (χ0) is 7.14. The summed E-state index contributed by atoms with van der Waals surface area (Å²) in [6.07, 6.45) is 2.02. The molecule has 0 radical (unpaired) electrons. The van der Waals surface area contributed by atoms with Crippen LogP contribution in [0.25, 0.3) is 0 Å². The summed E-state index contributed by atoms with van der Waals surface area (Å²) in [4.78, 5) is 11.0. The second kappa shape index (κ2) is 1.95. The van der Waals surface area contributed by atoms with Gasteiger partial charge in [0.05, 0.1) is 12.6 Å². The molecule has 3 heteroatoms. The molecule has 2 aliphatic rings. The van der Waals surface area contributed by atoms with Gasteiger partial charge in [-0.15, -0.1) is 0 Å². The van der Waals surface area contributed by atoms with E-state index in [1.54, 1.807) is 0 Å². The van der Waals surface area contributed by atoms with Crippen molar-refractivity contribution >= 4 is 5.91 Å². The second-order valence-corrected chi connectivity index (χ2v) is 3.23. The summed E-state index contributed by atoms with van der Waals surface area (Å²) in [6, 6.07) is 0.0382. The van der Waals surface area contributed by atoms with Crippen LogP contribution in [-0.2, 0) is 4.79 Å². The van der Waals surface area contributed by atoms with Crippen molar-refractivity contribution in [2.24, 2.45) is 11.8 Å². The van der Waals surface area contributed by atoms with Gasteiger partial charge in [0, 0.05) is 5.92 Å². The predicted molar refractivity (Wildman–Crippen MR) is 35.2 cm³/mol. The Hall–Kier alpha value is -0.570. The molecule has 0 bridgehead atoms. The summed E-state index contributed by atoms with van der Waals surface area (Å²) in [5.74, 6) is 1.03. The summed E-state index contributed by atoms with van der Waals surface area (Å²) in [7, 11) is 0. The lowest BCUT2D eigenvalue weighted by Crippen LogP contribution is -2.42. The molecule has 56 valence electrons. The topological polar surface area (TPSA) is 49.3 Å². The van der Waals surface area contributed by atoms with Gasteiger partial charge < -0.3 is 10.4 Å². The predicted octanol–water partition coefficient (Wildman–Crippen LogP) is -0.497. The quantitative estimate of drug-likeness (QED) is 0.517. The minimum Gasteiger partial charge on any atom is -0.394 e. The Morgan fingerprint density at radius 3 is 3.00 bits per heavy atom. The van der Waals surface area contributed by atoms with Crippen LogP contribution in [0.1, 0.15) is 12.8 Å². The third kappa shape index (κ3) is 0.814. The van der Waals surface area contributed by atoms with E-state index in [2.05, 4.69) is 5.32 Å². The van der Waals surface area contributed by atoms with Gasteiger partial charge in [0.25, 0.3) is 0 Å². The highest BCUT2D eigenvalue weighted by molar-refractivity contribution is 5.82. The van der Waals surface area contributed by atoms with E-state index >= 15 is 0 Å². The van der Waals surface area contributed by atoms with Crippen LogP contribution in [0.2, 0.25) is 0 Å². The van der Waals surface area contributed by atoms with E-state index in [4.69, 9.17) is 5.11 Å². The number of fused-ring (bicyclic) bond motifs is 1. The van der Waals surface area contributed by atoms with E-state index < -0.39 is 0 Å². The maximum atomic E-state index is 11.0. The molecule has 2 fully saturated rings. The van der Waals surface area contributed by atoms with Crippen molar-refractivity contribution in [3.8, 4) is 0 Å². The SMILES string of the molecule is O=C1NC(CO)CC2CC12. The number of rotatable bonds is 1. The van der Waals surface area contributed by atoms with Gasteiger partial charge >= 0.3 is 0 Å². The number of piperidine rings is 1. The number of hydrogen-bond donors (Lipinski definition) is 2. The van der Waals surface area contributed by atoms with E-state index in [9.17, 15) is 4.79 Å². The summed E-state index contributed by atoms with van der Waals surface area (Å²) in [5.41, 5.74) is 0. The Bertz CT molecular complexity index is 169. The van der Waals surface area contributed by atoms with E-state index in [1.165, 1.54) is 0 Å². The van der Waals surface area contributed by atoms with E-state index in [1.807, 2.05) is 0 Å². The van der Waals surface area contributed by atoms with Gasteiger partial charge in [-0.05, 0) is 18.8 Å². The van der Waals surface area contributed by atoms with Gasteiger partial charge in [-0.1, -0.05) is 0 Å². The van der Waals surface area contributed by atoms with Gasteiger partial charge in [0.1, 0.15) is 0 Å². The number of hydrogen-bond acceptors (Lipinski definition) is 2. The normalized spacial score (nSPS) is 44.1. The molecule has 1 aliphatic carbocycles. The summed E-state index contributed by atoms with van der Waals surface area (Å²) in [6.45, 7) is 0.0922. The monoisotopic (exact) mass is 141 g/mol. The molecule has 0 aromatic heterocycles. The lowest BCUT2D eigenvalue weighted by atomic mass is 10.1. The molecule has 1 aliphatic heterocycles. The largest absolute Gasteiger partial charge is 0.394 e. The van der Waals surface area contributed by atoms with Crippen molar-refractivity contribution in [1.82, 2.24) is 5.32 Å². The molecule has 1 saturated heterocycles. The first-order valence-corrected chi connectivity index (χ1v) is 3.72. The first-order valence-electron chi connectivity index (χ1n) is 3.72. The van der Waals surface area contributed by atoms with Crippen LogP contribution in [0, 0.1) is 11.8 Å². The zero-order valence-electron chi connectivity index (χ0n) is 5.71. The molecule has 3 nitrogen and oxygen atoms in total. The fourth-order valence-electron chi connectivity index (χ4n) is 1.68. The van der Waals surface area contributed by atoms with E-state index in [0.717, 1.165) is 12.8 Å². The first kappa shape index (κ1) is 6.16. The molecule has 2 N–H and O–H groups in total. The minimum atomic E-state index is 0.0382. The fourth-order valence-corrected chi connectivity index (χ4v) is 1.68. The molecular weight excluding hydrogens is 130 g/mol. The Morgan fingerprint density at radius 2 is 2.40 bits per heavy atom. The van der Waals surface area contributed by atoms with E-state index in [-0.39, 0.29) is 18.6 Å². The highest BCUT2D eigenvalue weighted by Crippen LogP contribution is 2.44. The third-order valence-corrected chi connectivity index (χ3v) is 2.41. The van der Waals surface area contributed by atoms with Crippen LogP contribution in [0.4, 0.5) is 0 Å². The molecule has 10 heavy (non-hydrogen) atoms. The maximum Gasteiger partial charge on any atom is 0.223 e. The molecule has 3 unspecified atom stereocenters. The average Bonchev–Trinajstić information content (AvgIpc) is 2.66. The van der Waals surface area contributed by atoms with Crippen molar-refractivity contribution in [3.63, 3.8) is 0 Å². The zero-order valence-corrected chi connectivity index (χ0v) is 5.71. The van der Waals surface area contributed by atoms with Crippen LogP contribution < -0.4 is 5.32 Å². The van der Waals surface area contributed by atoms with Crippen LogP contribution in [-0.4, -0.2) is 23.7 Å². The van der Waals surface area contributed by atoms with Crippen LogP contribution in [0.3, 0.4) is 0 Å². The molecule has 0 aromatic carbocycles. The Kier molecular flexibility index (Phi) is 1.20. The van der Waals surface area contributed by atoms with Crippen LogP contribution in [0.5, 0.6) is 0 Å². The number of carbonyl (C=O) groups excluding carboxylic acids is 1. The van der Waals surface area contributed by atoms with Crippen molar-refractivity contribution in [2.45, 2.75) is 18.9 Å². The highest BCUT2D eigenvalue weighted by atomic mass is 16.3. The van der Waals surface area contributed by atoms with Gasteiger partial charge in [-0.2, -0.15) is 0 Å². The third-order valence-electron chi connectivity index (χ3n) is 2.41. The molecule has 1 amide bonds. The van der Waals surface area contributed by atoms with Crippen LogP contribution in [0.15, 0.2) is 0 Å². The van der Waals surface area contributed by atoms with Crippen molar-refractivity contribution in [3.05, 3.63) is 0 Å². The van der Waals surface area contributed by atoms with Gasteiger partial charge in [-0.25, -0.2) is 0 Å². The van der Waals surface area contributed by atoms with Gasteiger partial charge in [-0.3, -0.25) is 4.79 Å². The van der Waals surface area contributed by atoms with Crippen molar-refractivity contribution in [2.75, 3.05) is 6.61 Å². The van der Waals surface area contributed by atoms with E-state index in [0.29, 0.717) is 11.8 Å². The summed E-state index contributed by atoms with van der Waals surface area (Å²) >= 11 is 0. The number of aliphatic hydroxyl groups is 1. The van der Waals surface area contributed by atoms with Crippen molar-refractivity contribution in [1.29, 1.82) is 0 Å². The van der Waals surface area contributed by atoms with Gasteiger partial charge in [0.15, 0.2) is 0 Å². The molecule has 0 aromatic rings. The minimum absolute atomic E-state index is 0.0382. The molecule has 3 atom stereocenters. The fraction of sp³-hybridized carbons (Fsp3) is 0.857. The number of aliphatic hydroxyl groups excluding tert-OH is 1. The molecule has 0 spiro atoms. The molecule has 2 rings (SSSR count). The highest BCUT2D eigenvalue weighted by Gasteiger charge is 2.47.